The highest BCUT2D eigenvalue weighted by Gasteiger charge is 2.07. The Bertz CT molecular complexity index is 365. The van der Waals surface area contributed by atoms with Crippen molar-refractivity contribution < 1.29 is 0 Å². The first kappa shape index (κ1) is 15.0. The Balaban J connectivity index is 0.00000162. The quantitative estimate of drug-likeness (QED) is 0.900. The van der Waals surface area contributed by atoms with Gasteiger partial charge in [0.05, 0.1) is 0 Å². The summed E-state index contributed by atoms with van der Waals surface area (Å²) in [5.41, 5.74) is 1.37. The highest BCUT2D eigenvalue weighted by molar-refractivity contribution is 8.93. The monoisotopic (exact) mass is 311 g/mol. The average Bonchev–Trinajstić information content (AvgIpc) is 2.65. The largest absolute Gasteiger partial charge is 0.356 e. The van der Waals surface area contributed by atoms with Gasteiger partial charge in [0.1, 0.15) is 0 Å². The van der Waals surface area contributed by atoms with E-state index in [0.29, 0.717) is 5.92 Å². The Morgan fingerprint density at radius 1 is 1.28 bits per heavy atom. The lowest BCUT2D eigenvalue weighted by atomic mass is 10.0. The van der Waals surface area contributed by atoms with E-state index in [4.69, 9.17) is 0 Å². The molecular formula is C14H22BrN3. The summed E-state index contributed by atoms with van der Waals surface area (Å²) in [7, 11) is 0. The second-order valence-electron chi connectivity index (χ2n) is 4.56. The topological polar surface area (TPSA) is 36.4 Å². The smallest absolute Gasteiger partial charge is 0.191 e. The number of benzene rings is 1. The molecule has 1 aromatic rings. The molecule has 4 heteroatoms. The lowest BCUT2D eigenvalue weighted by molar-refractivity contribution is 0.698. The highest BCUT2D eigenvalue weighted by Crippen LogP contribution is 2.12. The SMILES string of the molecule is Br.CC(CNC1=NCCCCN1)c1ccccc1. The van der Waals surface area contributed by atoms with E-state index in [2.05, 4.69) is 52.9 Å². The van der Waals surface area contributed by atoms with Gasteiger partial charge in [0.15, 0.2) is 5.96 Å². The third-order valence-corrected chi connectivity index (χ3v) is 3.09. The van der Waals surface area contributed by atoms with Gasteiger partial charge in [-0.3, -0.25) is 4.99 Å². The molecule has 1 aliphatic heterocycles. The number of rotatable bonds is 3. The average molecular weight is 312 g/mol. The lowest BCUT2D eigenvalue weighted by Crippen LogP contribution is -2.38. The van der Waals surface area contributed by atoms with Crippen molar-refractivity contribution >= 4 is 22.9 Å². The predicted molar refractivity (Wildman–Crippen MR) is 82.7 cm³/mol. The number of hydrogen-bond donors (Lipinski definition) is 2. The summed E-state index contributed by atoms with van der Waals surface area (Å²) in [6.45, 7) is 5.13. The predicted octanol–water partition coefficient (Wildman–Crippen LogP) is 2.70. The molecule has 0 fully saturated rings. The number of aliphatic imine (C=N–C) groups is 1. The third-order valence-electron chi connectivity index (χ3n) is 3.09. The summed E-state index contributed by atoms with van der Waals surface area (Å²) in [5.74, 6) is 1.47. The first-order chi connectivity index (χ1) is 8.36. The maximum Gasteiger partial charge on any atom is 0.191 e. The van der Waals surface area contributed by atoms with Crippen LogP contribution in [-0.2, 0) is 0 Å². The Hall–Kier alpha value is -1.03. The van der Waals surface area contributed by atoms with Crippen molar-refractivity contribution in [1.29, 1.82) is 0 Å². The Kier molecular flexibility index (Phi) is 6.80. The summed E-state index contributed by atoms with van der Waals surface area (Å²) in [6, 6.07) is 10.6. The summed E-state index contributed by atoms with van der Waals surface area (Å²) < 4.78 is 0. The lowest BCUT2D eigenvalue weighted by Gasteiger charge is -2.15. The van der Waals surface area contributed by atoms with Gasteiger partial charge in [-0.1, -0.05) is 37.3 Å². The summed E-state index contributed by atoms with van der Waals surface area (Å²) >= 11 is 0. The van der Waals surface area contributed by atoms with E-state index >= 15 is 0 Å². The molecule has 1 atom stereocenters. The second kappa shape index (κ2) is 8.14. The first-order valence-electron chi connectivity index (χ1n) is 6.43. The van der Waals surface area contributed by atoms with Crippen LogP contribution in [0.5, 0.6) is 0 Å². The van der Waals surface area contributed by atoms with Crippen LogP contribution in [0.25, 0.3) is 0 Å². The number of hydrogen-bond acceptors (Lipinski definition) is 3. The van der Waals surface area contributed by atoms with Gasteiger partial charge in [0, 0.05) is 19.6 Å². The van der Waals surface area contributed by atoms with Crippen LogP contribution in [-0.4, -0.2) is 25.6 Å². The minimum absolute atomic E-state index is 0. The van der Waals surface area contributed by atoms with Crippen LogP contribution >= 0.6 is 17.0 Å². The minimum Gasteiger partial charge on any atom is -0.356 e. The van der Waals surface area contributed by atoms with Crippen molar-refractivity contribution in [1.82, 2.24) is 10.6 Å². The molecule has 0 saturated heterocycles. The van der Waals surface area contributed by atoms with Crippen molar-refractivity contribution in [2.45, 2.75) is 25.7 Å². The van der Waals surface area contributed by atoms with Gasteiger partial charge in [0.25, 0.3) is 0 Å². The zero-order valence-corrected chi connectivity index (χ0v) is 12.6. The number of guanidine groups is 1. The number of nitrogens with zero attached hydrogens (tertiary/aromatic N) is 1. The molecule has 0 radical (unpaired) electrons. The molecule has 2 N–H and O–H groups in total. The van der Waals surface area contributed by atoms with Crippen LogP contribution in [0.1, 0.15) is 31.2 Å². The molecule has 1 aliphatic rings. The molecule has 0 bridgehead atoms. The van der Waals surface area contributed by atoms with Crippen LogP contribution in [0.4, 0.5) is 0 Å². The zero-order chi connectivity index (χ0) is 11.9. The van der Waals surface area contributed by atoms with Gasteiger partial charge in [-0.05, 0) is 24.3 Å². The molecule has 3 nitrogen and oxygen atoms in total. The van der Waals surface area contributed by atoms with Crippen molar-refractivity contribution in [3.8, 4) is 0 Å². The second-order valence-corrected chi connectivity index (χ2v) is 4.56. The van der Waals surface area contributed by atoms with E-state index < -0.39 is 0 Å². The van der Waals surface area contributed by atoms with Gasteiger partial charge in [-0.25, -0.2) is 0 Å². The molecule has 18 heavy (non-hydrogen) atoms. The molecular weight excluding hydrogens is 290 g/mol. The summed E-state index contributed by atoms with van der Waals surface area (Å²) in [4.78, 5) is 4.48. The van der Waals surface area contributed by atoms with Crippen LogP contribution in [0, 0.1) is 0 Å². The van der Waals surface area contributed by atoms with Crippen molar-refractivity contribution in [2.24, 2.45) is 4.99 Å². The normalized spacial score (nSPS) is 16.6. The Labute approximate surface area is 120 Å². The molecule has 1 unspecified atom stereocenters. The van der Waals surface area contributed by atoms with E-state index in [-0.39, 0.29) is 17.0 Å². The Morgan fingerprint density at radius 3 is 2.83 bits per heavy atom. The van der Waals surface area contributed by atoms with Crippen molar-refractivity contribution in [3.63, 3.8) is 0 Å². The van der Waals surface area contributed by atoms with Gasteiger partial charge >= 0.3 is 0 Å². The number of nitrogens with one attached hydrogen (secondary N) is 2. The van der Waals surface area contributed by atoms with E-state index in [1.54, 1.807) is 0 Å². The van der Waals surface area contributed by atoms with Gasteiger partial charge in [-0.2, -0.15) is 0 Å². The molecule has 0 amide bonds. The molecule has 0 aliphatic carbocycles. The fourth-order valence-corrected chi connectivity index (χ4v) is 1.96. The van der Waals surface area contributed by atoms with Gasteiger partial charge in [0.2, 0.25) is 0 Å². The van der Waals surface area contributed by atoms with Crippen LogP contribution in [0.3, 0.4) is 0 Å². The molecule has 0 saturated carbocycles. The highest BCUT2D eigenvalue weighted by atomic mass is 79.9. The standard InChI is InChI=1S/C14H21N3.BrH/c1-12(13-7-3-2-4-8-13)11-17-14-15-9-5-6-10-16-14;/h2-4,7-8,12H,5-6,9-11H2,1H3,(H2,15,16,17);1H. The number of halogens is 1. The maximum absolute atomic E-state index is 4.48. The molecule has 100 valence electrons. The summed E-state index contributed by atoms with van der Waals surface area (Å²) in [6.07, 6.45) is 2.40. The molecule has 0 spiro atoms. The fraction of sp³-hybridized carbons (Fsp3) is 0.500. The van der Waals surface area contributed by atoms with Crippen LogP contribution in [0.2, 0.25) is 0 Å². The molecule has 1 heterocycles. The minimum atomic E-state index is 0. The zero-order valence-electron chi connectivity index (χ0n) is 10.9. The fourth-order valence-electron chi connectivity index (χ4n) is 1.96. The molecule has 2 rings (SSSR count). The maximum atomic E-state index is 4.48. The van der Waals surface area contributed by atoms with Gasteiger partial charge < -0.3 is 10.6 Å². The molecule has 0 aromatic heterocycles. The van der Waals surface area contributed by atoms with Crippen LogP contribution < -0.4 is 10.6 Å². The molecule has 1 aromatic carbocycles. The van der Waals surface area contributed by atoms with Crippen LogP contribution in [0.15, 0.2) is 35.3 Å². The van der Waals surface area contributed by atoms with E-state index in [1.807, 2.05) is 0 Å². The third kappa shape index (κ3) is 4.69. The van der Waals surface area contributed by atoms with Gasteiger partial charge in [-0.15, -0.1) is 17.0 Å². The Morgan fingerprint density at radius 2 is 2.06 bits per heavy atom. The van der Waals surface area contributed by atoms with E-state index in [0.717, 1.165) is 25.6 Å². The summed E-state index contributed by atoms with van der Waals surface area (Å²) in [5, 5.41) is 6.73. The van der Waals surface area contributed by atoms with Crippen molar-refractivity contribution in [2.75, 3.05) is 19.6 Å². The first-order valence-corrected chi connectivity index (χ1v) is 6.43. The van der Waals surface area contributed by atoms with E-state index in [9.17, 15) is 0 Å². The van der Waals surface area contributed by atoms with E-state index in [1.165, 1.54) is 18.4 Å². The van der Waals surface area contributed by atoms with Crippen molar-refractivity contribution in [3.05, 3.63) is 35.9 Å².